The third kappa shape index (κ3) is 5.66. The highest BCUT2D eigenvalue weighted by Gasteiger charge is 2.42. The average Bonchev–Trinajstić information content (AvgIpc) is 3.28. The van der Waals surface area contributed by atoms with Crippen LogP contribution < -0.4 is 14.8 Å². The molecule has 176 valence electrons. The molecule has 2 aliphatic rings. The molecule has 2 aromatic carbocycles. The van der Waals surface area contributed by atoms with Gasteiger partial charge in [-0.2, -0.15) is 0 Å². The molecule has 1 N–H and O–H groups in total. The van der Waals surface area contributed by atoms with E-state index in [0.29, 0.717) is 25.9 Å². The maximum Gasteiger partial charge on any atom is 0.237 e. The molecule has 7 nitrogen and oxygen atoms in total. The van der Waals surface area contributed by atoms with Crippen molar-refractivity contribution in [3.8, 4) is 11.5 Å². The minimum absolute atomic E-state index is 0.0255. The van der Waals surface area contributed by atoms with E-state index in [0.717, 1.165) is 36.4 Å². The van der Waals surface area contributed by atoms with E-state index in [1.54, 1.807) is 14.2 Å². The molecule has 0 radical (unpaired) electrons. The number of nitrogens with zero attached hydrogens (tertiary/aromatic N) is 2. The van der Waals surface area contributed by atoms with Crippen LogP contribution in [0.3, 0.4) is 0 Å². The Balaban J connectivity index is 1.34. The minimum atomic E-state index is -0.201. The second-order valence-electron chi connectivity index (χ2n) is 8.76. The van der Waals surface area contributed by atoms with Gasteiger partial charge in [-0.05, 0) is 42.7 Å². The van der Waals surface area contributed by atoms with Gasteiger partial charge in [0.15, 0.2) is 0 Å². The van der Waals surface area contributed by atoms with Gasteiger partial charge < -0.3 is 19.7 Å². The van der Waals surface area contributed by atoms with Crippen LogP contribution in [0.25, 0.3) is 0 Å². The maximum absolute atomic E-state index is 12.9. The smallest absolute Gasteiger partial charge is 0.237 e. The van der Waals surface area contributed by atoms with E-state index < -0.39 is 0 Å². The lowest BCUT2D eigenvalue weighted by molar-refractivity contribution is -0.133. The van der Waals surface area contributed by atoms with Gasteiger partial charge in [-0.25, -0.2) is 0 Å². The summed E-state index contributed by atoms with van der Waals surface area (Å²) in [4.78, 5) is 29.7. The summed E-state index contributed by atoms with van der Waals surface area (Å²) < 4.78 is 11.4. The lowest BCUT2D eigenvalue weighted by Crippen LogP contribution is -2.52. The van der Waals surface area contributed by atoms with Crippen molar-refractivity contribution in [2.24, 2.45) is 0 Å². The van der Waals surface area contributed by atoms with E-state index in [1.165, 1.54) is 0 Å². The lowest BCUT2D eigenvalue weighted by atomic mass is 10.0. The van der Waals surface area contributed by atoms with Crippen LogP contribution in [-0.4, -0.2) is 73.6 Å². The number of likely N-dealkylation sites (N-methyl/N-ethyl adjacent to an activating group) is 1. The first kappa shape index (κ1) is 23.1. The third-order valence-corrected chi connectivity index (χ3v) is 6.67. The van der Waals surface area contributed by atoms with Gasteiger partial charge in [-0.1, -0.05) is 30.3 Å². The Bertz CT molecular complexity index is 944. The van der Waals surface area contributed by atoms with Crippen LogP contribution in [0.1, 0.15) is 24.8 Å². The van der Waals surface area contributed by atoms with Crippen LogP contribution in [0.4, 0.5) is 0 Å². The van der Waals surface area contributed by atoms with E-state index in [1.807, 2.05) is 59.5 Å². The van der Waals surface area contributed by atoms with Crippen molar-refractivity contribution in [2.75, 3.05) is 33.8 Å². The molecule has 2 heterocycles. The van der Waals surface area contributed by atoms with Gasteiger partial charge in [0.05, 0.1) is 19.6 Å². The zero-order valence-electron chi connectivity index (χ0n) is 19.4. The Kier molecular flexibility index (Phi) is 7.50. The summed E-state index contributed by atoms with van der Waals surface area (Å²) in [6.07, 6.45) is 2.73. The highest BCUT2D eigenvalue weighted by atomic mass is 16.5. The number of hydrogen-bond donors (Lipinski definition) is 1. The van der Waals surface area contributed by atoms with Crippen LogP contribution in [0.15, 0.2) is 54.6 Å². The molecule has 0 saturated carbocycles. The number of nitrogens with one attached hydrogen (secondary N) is 1. The Morgan fingerprint density at radius 3 is 2.45 bits per heavy atom. The summed E-state index contributed by atoms with van der Waals surface area (Å²) in [6.45, 7) is 2.12. The largest absolute Gasteiger partial charge is 0.497 e. The summed E-state index contributed by atoms with van der Waals surface area (Å²) in [6, 6.07) is 17.5. The molecule has 2 aliphatic heterocycles. The first-order chi connectivity index (χ1) is 16.1. The molecule has 0 bridgehead atoms. The molecular weight excluding hydrogens is 418 g/mol. The summed E-state index contributed by atoms with van der Waals surface area (Å²) in [5, 5.41) is 2.81. The molecule has 2 saturated heterocycles. The monoisotopic (exact) mass is 451 g/mol. The third-order valence-electron chi connectivity index (χ3n) is 6.67. The van der Waals surface area contributed by atoms with Gasteiger partial charge in [-0.15, -0.1) is 0 Å². The zero-order valence-corrected chi connectivity index (χ0v) is 19.4. The highest BCUT2D eigenvalue weighted by Crippen LogP contribution is 2.29. The van der Waals surface area contributed by atoms with Gasteiger partial charge >= 0.3 is 0 Å². The average molecular weight is 452 g/mol. The highest BCUT2D eigenvalue weighted by molar-refractivity contribution is 5.82. The fourth-order valence-corrected chi connectivity index (χ4v) is 4.94. The fraction of sp³-hybridized carbons (Fsp3) is 0.462. The molecule has 2 amide bonds. The molecule has 0 spiro atoms. The zero-order chi connectivity index (χ0) is 23.2. The summed E-state index contributed by atoms with van der Waals surface area (Å²) in [7, 11) is 3.32. The summed E-state index contributed by atoms with van der Waals surface area (Å²) in [5.74, 6) is 1.76. The number of carbonyl (C=O) groups is 2. The van der Waals surface area contributed by atoms with E-state index in [2.05, 4.69) is 10.2 Å². The van der Waals surface area contributed by atoms with Gasteiger partial charge in [0, 0.05) is 39.1 Å². The molecular formula is C26H33N3O4. The van der Waals surface area contributed by atoms with E-state index in [4.69, 9.17) is 9.47 Å². The SMILES string of the molecule is CNC(=O)[C@@H]1C[C@H](Oc2ccccc2)CN1C1CCN(C(=O)Cc2cccc(OC)c2)CC1. The predicted octanol–water partition coefficient (Wildman–Crippen LogP) is 2.50. The van der Waals surface area contributed by atoms with Crippen molar-refractivity contribution in [3.63, 3.8) is 0 Å². The molecule has 0 aliphatic carbocycles. The van der Waals surface area contributed by atoms with Crippen LogP contribution in [0, 0.1) is 0 Å². The molecule has 2 atom stereocenters. The number of carbonyl (C=O) groups excluding carboxylic acids is 2. The molecule has 7 heteroatoms. The Morgan fingerprint density at radius 2 is 1.76 bits per heavy atom. The second kappa shape index (κ2) is 10.7. The number of rotatable bonds is 7. The van der Waals surface area contributed by atoms with Gasteiger partial charge in [-0.3, -0.25) is 14.5 Å². The molecule has 4 rings (SSSR count). The van der Waals surface area contributed by atoms with E-state index >= 15 is 0 Å². The number of amides is 2. The number of para-hydroxylation sites is 1. The Morgan fingerprint density at radius 1 is 1.03 bits per heavy atom. The van der Waals surface area contributed by atoms with Crippen LogP contribution in [0.2, 0.25) is 0 Å². The topological polar surface area (TPSA) is 71.1 Å². The van der Waals surface area contributed by atoms with Gasteiger partial charge in [0.2, 0.25) is 11.8 Å². The first-order valence-electron chi connectivity index (χ1n) is 11.7. The summed E-state index contributed by atoms with van der Waals surface area (Å²) in [5.41, 5.74) is 0.960. The van der Waals surface area contributed by atoms with Crippen molar-refractivity contribution < 1.29 is 19.1 Å². The molecule has 0 aromatic heterocycles. The standard InChI is InChI=1S/C26H33N3O4/c1-27-26(31)24-17-23(33-21-8-4-3-5-9-21)18-29(24)20-11-13-28(14-12-20)25(30)16-19-7-6-10-22(15-19)32-2/h3-10,15,20,23-24H,11-14,16-18H2,1-2H3,(H,27,31)/t23-,24-/m0/s1. The van der Waals surface area contributed by atoms with Crippen molar-refractivity contribution in [2.45, 2.75) is 43.9 Å². The normalized spacial score (nSPS) is 21.6. The van der Waals surface area contributed by atoms with Gasteiger partial charge in [0.1, 0.15) is 17.6 Å². The van der Waals surface area contributed by atoms with Crippen LogP contribution in [-0.2, 0) is 16.0 Å². The number of likely N-dealkylation sites (tertiary alicyclic amines) is 2. The number of hydrogen-bond acceptors (Lipinski definition) is 5. The predicted molar refractivity (Wildman–Crippen MR) is 126 cm³/mol. The van der Waals surface area contributed by atoms with Gasteiger partial charge in [0.25, 0.3) is 0 Å². The van der Waals surface area contributed by atoms with Crippen molar-refractivity contribution in [1.29, 1.82) is 0 Å². The number of ether oxygens (including phenoxy) is 2. The van der Waals surface area contributed by atoms with Crippen LogP contribution >= 0.6 is 0 Å². The number of benzene rings is 2. The molecule has 2 fully saturated rings. The van der Waals surface area contributed by atoms with E-state index in [-0.39, 0.29) is 30.0 Å². The maximum atomic E-state index is 12.9. The summed E-state index contributed by atoms with van der Waals surface area (Å²) >= 11 is 0. The van der Waals surface area contributed by atoms with Crippen LogP contribution in [0.5, 0.6) is 11.5 Å². The molecule has 33 heavy (non-hydrogen) atoms. The number of piperidine rings is 1. The van der Waals surface area contributed by atoms with E-state index in [9.17, 15) is 9.59 Å². The minimum Gasteiger partial charge on any atom is -0.497 e. The fourth-order valence-electron chi connectivity index (χ4n) is 4.94. The lowest BCUT2D eigenvalue weighted by Gasteiger charge is -2.38. The van der Waals surface area contributed by atoms with Crippen molar-refractivity contribution in [3.05, 3.63) is 60.2 Å². The Labute approximate surface area is 195 Å². The van der Waals surface area contributed by atoms with Crippen molar-refractivity contribution >= 4 is 11.8 Å². The quantitative estimate of drug-likeness (QED) is 0.701. The second-order valence-corrected chi connectivity index (χ2v) is 8.76. The first-order valence-corrected chi connectivity index (χ1v) is 11.7. The number of methoxy groups -OCH3 is 1. The van der Waals surface area contributed by atoms with Crippen molar-refractivity contribution in [1.82, 2.24) is 15.1 Å². The molecule has 0 unspecified atom stereocenters. The molecule has 2 aromatic rings. The Hall–Kier alpha value is -3.06.